The number of aromatic amines is 1. The molecule has 0 atom stereocenters. The Morgan fingerprint density at radius 3 is 3.20 bits per heavy atom. The summed E-state index contributed by atoms with van der Waals surface area (Å²) in [4.78, 5) is 4.92. The monoisotopic (exact) mass is 215 g/mol. The number of aryl methyl sites for hydroxylation is 1. The molecule has 0 unspecified atom stereocenters. The Bertz CT molecular complexity index is 498. The van der Waals surface area contributed by atoms with Crippen molar-refractivity contribution in [3.8, 4) is 0 Å². The minimum atomic E-state index is 1.01. The lowest BCUT2D eigenvalue weighted by molar-refractivity contribution is 0.815. The van der Waals surface area contributed by atoms with Gasteiger partial charge < -0.3 is 4.98 Å². The van der Waals surface area contributed by atoms with Crippen molar-refractivity contribution in [2.24, 2.45) is 0 Å². The predicted octanol–water partition coefficient (Wildman–Crippen LogP) is 3.46. The molecule has 1 aromatic heterocycles. The van der Waals surface area contributed by atoms with Gasteiger partial charge in [-0.25, -0.2) is 0 Å². The van der Waals surface area contributed by atoms with Crippen LogP contribution in [-0.4, -0.2) is 11.2 Å². The molecule has 0 saturated carbocycles. The summed E-state index contributed by atoms with van der Waals surface area (Å²) in [6.45, 7) is 0. The molecule has 1 aromatic carbocycles. The van der Waals surface area contributed by atoms with Gasteiger partial charge in [-0.15, -0.1) is 11.8 Å². The van der Waals surface area contributed by atoms with E-state index in [2.05, 4.69) is 35.9 Å². The van der Waals surface area contributed by atoms with Crippen molar-refractivity contribution in [3.63, 3.8) is 0 Å². The third-order valence-electron chi connectivity index (χ3n) is 3.06. The molecule has 15 heavy (non-hydrogen) atoms. The molecule has 1 heterocycles. The molecule has 0 bridgehead atoms. The van der Waals surface area contributed by atoms with Gasteiger partial charge in [0.05, 0.1) is 5.52 Å². The summed E-state index contributed by atoms with van der Waals surface area (Å²) in [6, 6.07) is 6.55. The summed E-state index contributed by atoms with van der Waals surface area (Å²) < 4.78 is 0. The number of thioether (sulfide) groups is 1. The average molecular weight is 215 g/mol. The summed E-state index contributed by atoms with van der Waals surface area (Å²) in [5, 5.41) is 1.39. The second kappa shape index (κ2) is 3.60. The fraction of sp³-hybridized carbons (Fsp3) is 0.308. The van der Waals surface area contributed by atoms with Gasteiger partial charge in [0.25, 0.3) is 0 Å². The normalized spacial score (nSPS) is 15.5. The summed E-state index contributed by atoms with van der Waals surface area (Å²) in [5.41, 5.74) is 4.20. The highest BCUT2D eigenvalue weighted by molar-refractivity contribution is 7.98. The molecule has 1 nitrogen and oxygen atoms in total. The molecule has 3 rings (SSSR count). The Balaban J connectivity index is 2.31. The van der Waals surface area contributed by atoms with Gasteiger partial charge in [0.15, 0.2) is 0 Å². The summed E-state index contributed by atoms with van der Waals surface area (Å²) >= 11 is 1.81. The zero-order chi connectivity index (χ0) is 10.3. The number of nitrogens with one attached hydrogen (secondary N) is 1. The first-order chi connectivity index (χ1) is 7.40. The van der Waals surface area contributed by atoms with E-state index in [4.69, 9.17) is 0 Å². The van der Waals surface area contributed by atoms with E-state index in [9.17, 15) is 0 Å². The van der Waals surface area contributed by atoms with Crippen LogP contribution in [0.25, 0.3) is 10.9 Å². The van der Waals surface area contributed by atoms with E-state index in [1.807, 2.05) is 11.8 Å². The van der Waals surface area contributed by atoms with E-state index in [0.29, 0.717) is 0 Å². The van der Waals surface area contributed by atoms with Crippen molar-refractivity contribution in [1.82, 2.24) is 4.98 Å². The fourth-order valence-electron chi connectivity index (χ4n) is 2.31. The van der Waals surface area contributed by atoms with E-state index in [1.54, 1.807) is 0 Å². The Kier molecular flexibility index (Phi) is 2.24. The van der Waals surface area contributed by atoms with Crippen molar-refractivity contribution in [1.29, 1.82) is 0 Å². The molecule has 2 radical (unpaired) electrons. The lowest BCUT2D eigenvalue weighted by Gasteiger charge is -2.09. The molecule has 0 saturated heterocycles. The first-order valence-corrected chi connectivity index (χ1v) is 6.50. The average Bonchev–Trinajstić information content (AvgIpc) is 2.67. The second-order valence-corrected chi connectivity index (χ2v) is 4.74. The number of benzene rings is 1. The zero-order valence-corrected chi connectivity index (χ0v) is 9.58. The van der Waals surface area contributed by atoms with Crippen LogP contribution in [0.3, 0.4) is 0 Å². The summed E-state index contributed by atoms with van der Waals surface area (Å²) in [6.07, 6.45) is 8.78. The topological polar surface area (TPSA) is 15.8 Å². The van der Waals surface area contributed by atoms with Crippen LogP contribution in [0.5, 0.6) is 0 Å². The maximum atomic E-state index is 3.57. The quantitative estimate of drug-likeness (QED) is 0.720. The zero-order valence-electron chi connectivity index (χ0n) is 8.76. The SMILES string of the molecule is CSc1cccc2c3c([nH]c12)CC[C]C3. The molecule has 0 aliphatic heterocycles. The Hall–Kier alpha value is -0.890. The molecule has 1 aliphatic carbocycles. The van der Waals surface area contributed by atoms with Crippen molar-refractivity contribution in [2.45, 2.75) is 24.2 Å². The lowest BCUT2D eigenvalue weighted by atomic mass is 9.96. The smallest absolute Gasteiger partial charge is 0.0596 e. The van der Waals surface area contributed by atoms with Crippen LogP contribution < -0.4 is 0 Å². The van der Waals surface area contributed by atoms with Crippen molar-refractivity contribution < 1.29 is 0 Å². The van der Waals surface area contributed by atoms with E-state index >= 15 is 0 Å². The molecule has 2 aromatic rings. The van der Waals surface area contributed by atoms with Crippen LogP contribution in [0.1, 0.15) is 17.7 Å². The number of hydrogen-bond donors (Lipinski definition) is 1. The second-order valence-electron chi connectivity index (χ2n) is 3.89. The highest BCUT2D eigenvalue weighted by Gasteiger charge is 2.16. The minimum absolute atomic E-state index is 1.01. The van der Waals surface area contributed by atoms with Crippen LogP contribution in [-0.2, 0) is 12.8 Å². The van der Waals surface area contributed by atoms with Gasteiger partial charge in [-0.2, -0.15) is 0 Å². The van der Waals surface area contributed by atoms with E-state index in [0.717, 1.165) is 19.3 Å². The van der Waals surface area contributed by atoms with Crippen molar-refractivity contribution in [3.05, 3.63) is 35.9 Å². The van der Waals surface area contributed by atoms with E-state index < -0.39 is 0 Å². The van der Waals surface area contributed by atoms with Gasteiger partial charge >= 0.3 is 0 Å². The fourth-order valence-corrected chi connectivity index (χ4v) is 2.89. The Labute approximate surface area is 94.3 Å². The highest BCUT2D eigenvalue weighted by atomic mass is 32.2. The Morgan fingerprint density at radius 2 is 2.33 bits per heavy atom. The van der Waals surface area contributed by atoms with Gasteiger partial charge in [0, 0.05) is 16.0 Å². The number of rotatable bonds is 1. The molecule has 1 N–H and O–H groups in total. The van der Waals surface area contributed by atoms with Gasteiger partial charge in [0.2, 0.25) is 0 Å². The Morgan fingerprint density at radius 1 is 1.40 bits per heavy atom. The van der Waals surface area contributed by atoms with Crippen LogP contribution in [0, 0.1) is 6.42 Å². The largest absolute Gasteiger partial charge is 0.357 e. The van der Waals surface area contributed by atoms with Crippen molar-refractivity contribution in [2.75, 3.05) is 6.26 Å². The number of aromatic nitrogens is 1. The molecule has 0 amide bonds. The number of H-pyrrole nitrogens is 1. The molecular formula is C13H13NS. The maximum absolute atomic E-state index is 3.57. The lowest BCUT2D eigenvalue weighted by Crippen LogP contribution is -2.00. The highest BCUT2D eigenvalue weighted by Crippen LogP contribution is 2.33. The van der Waals surface area contributed by atoms with Gasteiger partial charge in [-0.1, -0.05) is 12.1 Å². The van der Waals surface area contributed by atoms with Crippen LogP contribution in [0.15, 0.2) is 23.1 Å². The molecule has 1 aliphatic rings. The van der Waals surface area contributed by atoms with Crippen LogP contribution >= 0.6 is 11.8 Å². The van der Waals surface area contributed by atoms with E-state index in [-0.39, 0.29) is 0 Å². The third-order valence-corrected chi connectivity index (χ3v) is 3.85. The third kappa shape index (κ3) is 1.39. The van der Waals surface area contributed by atoms with Crippen LogP contribution in [0.4, 0.5) is 0 Å². The molecular weight excluding hydrogens is 202 g/mol. The number of fused-ring (bicyclic) bond motifs is 3. The summed E-state index contributed by atoms with van der Waals surface area (Å²) in [5.74, 6) is 0. The maximum Gasteiger partial charge on any atom is 0.0596 e. The van der Waals surface area contributed by atoms with Crippen molar-refractivity contribution >= 4 is 22.7 Å². The standard InChI is InChI=1S/C13H13NS/c1-15-12-8-4-6-10-9-5-2-3-7-11(9)14-13(10)12/h4,6,8,14H,3,5,7H2,1H3. The predicted molar refractivity (Wildman–Crippen MR) is 65.3 cm³/mol. The molecule has 76 valence electrons. The van der Waals surface area contributed by atoms with Crippen LogP contribution in [0.2, 0.25) is 0 Å². The number of hydrogen-bond acceptors (Lipinski definition) is 1. The molecule has 0 spiro atoms. The molecule has 0 fully saturated rings. The van der Waals surface area contributed by atoms with E-state index in [1.165, 1.54) is 27.1 Å². The van der Waals surface area contributed by atoms with Gasteiger partial charge in [0.1, 0.15) is 0 Å². The first-order valence-electron chi connectivity index (χ1n) is 5.27. The summed E-state index contributed by atoms with van der Waals surface area (Å²) in [7, 11) is 0. The molecule has 2 heteroatoms. The first kappa shape index (κ1) is 9.34. The van der Waals surface area contributed by atoms with Gasteiger partial charge in [-0.05, 0) is 43.6 Å². The minimum Gasteiger partial charge on any atom is -0.357 e. The van der Waals surface area contributed by atoms with Gasteiger partial charge in [-0.3, -0.25) is 0 Å². The number of para-hydroxylation sites is 1.